The SMILES string of the molecule is CCOc1ccc(-n2c(SCc3ccc4ccccc4c3)nc3sc(C)c(C)c3c2=O)cc1. The molecule has 6 heteroatoms. The number of aromatic nitrogens is 2. The third-order valence-electron chi connectivity index (χ3n) is 5.76. The largest absolute Gasteiger partial charge is 0.494 e. The number of fused-ring (bicyclic) bond motifs is 2. The van der Waals surface area contributed by atoms with Crippen LogP contribution in [0.15, 0.2) is 76.7 Å². The minimum atomic E-state index is -0.0213. The van der Waals surface area contributed by atoms with Crippen molar-refractivity contribution in [1.82, 2.24) is 9.55 Å². The molecule has 0 saturated heterocycles. The van der Waals surface area contributed by atoms with Crippen LogP contribution in [0, 0.1) is 13.8 Å². The van der Waals surface area contributed by atoms with Crippen LogP contribution in [0.5, 0.6) is 5.75 Å². The first-order valence-electron chi connectivity index (χ1n) is 10.9. The molecule has 2 heterocycles. The second kappa shape index (κ2) is 9.04. The highest BCUT2D eigenvalue weighted by molar-refractivity contribution is 7.98. The monoisotopic (exact) mass is 472 g/mol. The Morgan fingerprint density at radius 1 is 1.00 bits per heavy atom. The number of aryl methyl sites for hydroxylation is 2. The van der Waals surface area contributed by atoms with E-state index in [0.717, 1.165) is 32.5 Å². The number of ether oxygens (including phenoxy) is 1. The molecule has 33 heavy (non-hydrogen) atoms. The summed E-state index contributed by atoms with van der Waals surface area (Å²) in [4.78, 5) is 20.5. The van der Waals surface area contributed by atoms with E-state index in [1.807, 2.05) is 45.0 Å². The van der Waals surface area contributed by atoms with Crippen molar-refractivity contribution in [3.63, 3.8) is 0 Å². The number of thioether (sulfide) groups is 1. The van der Waals surface area contributed by atoms with E-state index in [2.05, 4.69) is 42.5 Å². The summed E-state index contributed by atoms with van der Waals surface area (Å²) in [5.41, 5.74) is 2.98. The van der Waals surface area contributed by atoms with Gasteiger partial charge >= 0.3 is 0 Å². The fourth-order valence-corrected chi connectivity index (χ4v) is 5.96. The van der Waals surface area contributed by atoms with Gasteiger partial charge in [-0.1, -0.05) is 54.2 Å². The number of hydrogen-bond acceptors (Lipinski definition) is 5. The molecule has 5 rings (SSSR count). The van der Waals surface area contributed by atoms with E-state index in [9.17, 15) is 4.79 Å². The average Bonchev–Trinajstić information content (AvgIpc) is 3.12. The van der Waals surface area contributed by atoms with Crippen molar-refractivity contribution in [2.75, 3.05) is 6.61 Å². The van der Waals surface area contributed by atoms with E-state index < -0.39 is 0 Å². The summed E-state index contributed by atoms with van der Waals surface area (Å²) in [7, 11) is 0. The molecule has 0 N–H and O–H groups in total. The van der Waals surface area contributed by atoms with Gasteiger partial charge in [0.2, 0.25) is 0 Å². The first-order valence-corrected chi connectivity index (χ1v) is 12.7. The molecule has 0 aliphatic rings. The van der Waals surface area contributed by atoms with E-state index in [1.54, 1.807) is 27.7 Å². The molecule has 0 radical (unpaired) electrons. The molecule has 166 valence electrons. The average molecular weight is 473 g/mol. The lowest BCUT2D eigenvalue weighted by Crippen LogP contribution is -2.21. The summed E-state index contributed by atoms with van der Waals surface area (Å²) in [5, 5.41) is 3.85. The van der Waals surface area contributed by atoms with Gasteiger partial charge in [-0.15, -0.1) is 11.3 Å². The van der Waals surface area contributed by atoms with Crippen molar-refractivity contribution in [1.29, 1.82) is 0 Å². The number of benzene rings is 3. The summed E-state index contributed by atoms with van der Waals surface area (Å²) < 4.78 is 7.32. The Morgan fingerprint density at radius 3 is 2.52 bits per heavy atom. The smallest absolute Gasteiger partial charge is 0.267 e. The van der Waals surface area contributed by atoms with Crippen LogP contribution in [0.2, 0.25) is 0 Å². The second-order valence-electron chi connectivity index (χ2n) is 7.90. The molecule has 4 nitrogen and oxygen atoms in total. The summed E-state index contributed by atoms with van der Waals surface area (Å²) in [5.74, 6) is 1.51. The first kappa shape index (κ1) is 21.7. The van der Waals surface area contributed by atoms with Gasteiger partial charge in [0.25, 0.3) is 5.56 Å². The van der Waals surface area contributed by atoms with Gasteiger partial charge < -0.3 is 4.74 Å². The molecule has 5 aromatic rings. The molecule has 3 aromatic carbocycles. The molecule has 0 unspecified atom stereocenters. The topological polar surface area (TPSA) is 44.1 Å². The van der Waals surface area contributed by atoms with Crippen LogP contribution >= 0.6 is 23.1 Å². The molecular formula is C27H24N2O2S2. The minimum Gasteiger partial charge on any atom is -0.494 e. The highest BCUT2D eigenvalue weighted by Gasteiger charge is 2.18. The molecule has 0 amide bonds. The van der Waals surface area contributed by atoms with Crippen LogP contribution in [-0.2, 0) is 5.75 Å². The fourth-order valence-electron chi connectivity index (χ4n) is 3.93. The summed E-state index contributed by atoms with van der Waals surface area (Å²) in [6, 6.07) is 22.5. The van der Waals surface area contributed by atoms with E-state index in [0.29, 0.717) is 17.1 Å². The van der Waals surface area contributed by atoms with E-state index in [1.165, 1.54) is 16.3 Å². The molecule has 0 spiro atoms. The third-order valence-corrected chi connectivity index (χ3v) is 7.87. The number of rotatable bonds is 6. The molecule has 0 fully saturated rings. The van der Waals surface area contributed by atoms with Crippen molar-refractivity contribution < 1.29 is 4.74 Å². The predicted molar refractivity (Wildman–Crippen MR) is 139 cm³/mol. The summed E-state index contributed by atoms with van der Waals surface area (Å²) in [6.07, 6.45) is 0. The summed E-state index contributed by atoms with van der Waals surface area (Å²) >= 11 is 3.18. The van der Waals surface area contributed by atoms with Crippen molar-refractivity contribution in [3.05, 3.63) is 93.1 Å². The van der Waals surface area contributed by atoms with E-state index >= 15 is 0 Å². The van der Waals surface area contributed by atoms with Gasteiger partial charge in [-0.2, -0.15) is 0 Å². The maximum absolute atomic E-state index is 13.7. The predicted octanol–water partition coefficient (Wildman–Crippen LogP) is 6.91. The van der Waals surface area contributed by atoms with Crippen LogP contribution in [0.1, 0.15) is 22.9 Å². The maximum Gasteiger partial charge on any atom is 0.267 e. The van der Waals surface area contributed by atoms with Crippen molar-refractivity contribution in [2.24, 2.45) is 0 Å². The Labute approximate surface area is 200 Å². The Morgan fingerprint density at radius 2 is 1.76 bits per heavy atom. The van der Waals surface area contributed by atoms with Gasteiger partial charge in [-0.3, -0.25) is 9.36 Å². The summed E-state index contributed by atoms with van der Waals surface area (Å²) in [6.45, 7) is 6.61. The lowest BCUT2D eigenvalue weighted by molar-refractivity contribution is 0.340. The number of nitrogens with zero attached hydrogens (tertiary/aromatic N) is 2. The first-order chi connectivity index (χ1) is 16.0. The second-order valence-corrected chi connectivity index (χ2v) is 10.0. The highest BCUT2D eigenvalue weighted by atomic mass is 32.2. The van der Waals surface area contributed by atoms with Gasteiger partial charge in [0.05, 0.1) is 17.7 Å². The number of hydrogen-bond donors (Lipinski definition) is 0. The molecule has 0 atom stereocenters. The van der Waals surface area contributed by atoms with Gasteiger partial charge in [0.15, 0.2) is 5.16 Å². The van der Waals surface area contributed by atoms with Gasteiger partial charge in [0.1, 0.15) is 10.6 Å². The van der Waals surface area contributed by atoms with Crippen LogP contribution in [0.4, 0.5) is 0 Å². The minimum absolute atomic E-state index is 0.0213. The zero-order chi connectivity index (χ0) is 22.9. The molecule has 0 aliphatic carbocycles. The van der Waals surface area contributed by atoms with Gasteiger partial charge in [-0.05, 0) is 66.9 Å². The Balaban J connectivity index is 1.58. The zero-order valence-corrected chi connectivity index (χ0v) is 20.4. The van der Waals surface area contributed by atoms with E-state index in [-0.39, 0.29) is 5.56 Å². The molecule has 0 aliphatic heterocycles. The van der Waals surface area contributed by atoms with Crippen molar-refractivity contribution in [2.45, 2.75) is 31.7 Å². The zero-order valence-electron chi connectivity index (χ0n) is 18.8. The Kier molecular flexibility index (Phi) is 5.96. The maximum atomic E-state index is 13.7. The number of thiophene rings is 1. The van der Waals surface area contributed by atoms with Crippen LogP contribution in [-0.4, -0.2) is 16.2 Å². The van der Waals surface area contributed by atoms with Crippen LogP contribution in [0.3, 0.4) is 0 Å². The lowest BCUT2D eigenvalue weighted by Gasteiger charge is -2.13. The highest BCUT2D eigenvalue weighted by Crippen LogP contribution is 2.31. The van der Waals surface area contributed by atoms with Crippen LogP contribution in [0.25, 0.3) is 26.7 Å². The molecule has 0 bridgehead atoms. The Hall–Kier alpha value is -3.09. The third kappa shape index (κ3) is 4.16. The molecular weight excluding hydrogens is 448 g/mol. The van der Waals surface area contributed by atoms with Gasteiger partial charge in [0, 0.05) is 10.6 Å². The Bertz CT molecular complexity index is 1520. The standard InChI is InChI=1S/C27H24N2O2S2/c1-4-31-23-13-11-22(12-14-23)29-26(30)24-17(2)18(3)33-25(24)28-27(29)32-16-19-9-10-20-7-5-6-8-21(20)15-19/h5-15H,4,16H2,1-3H3. The van der Waals surface area contributed by atoms with Crippen molar-refractivity contribution in [3.8, 4) is 11.4 Å². The fraction of sp³-hybridized carbons (Fsp3) is 0.185. The van der Waals surface area contributed by atoms with Crippen LogP contribution < -0.4 is 10.3 Å². The van der Waals surface area contributed by atoms with E-state index in [4.69, 9.17) is 9.72 Å². The lowest BCUT2D eigenvalue weighted by atomic mass is 10.1. The molecule has 0 saturated carbocycles. The van der Waals surface area contributed by atoms with Crippen molar-refractivity contribution >= 4 is 44.1 Å². The van der Waals surface area contributed by atoms with Gasteiger partial charge in [-0.25, -0.2) is 4.98 Å². The molecule has 2 aromatic heterocycles. The normalized spacial score (nSPS) is 11.4. The quantitative estimate of drug-likeness (QED) is 0.199.